The van der Waals surface area contributed by atoms with E-state index >= 15 is 0 Å². The fourth-order valence-corrected chi connectivity index (χ4v) is 3.68. The molecule has 26 heavy (non-hydrogen) atoms. The molecule has 11 heteroatoms. The second-order valence-corrected chi connectivity index (χ2v) is 7.20. The minimum atomic E-state index is -4.48. The van der Waals surface area contributed by atoms with E-state index < -0.39 is 27.7 Å². The Morgan fingerprint density at radius 1 is 1.15 bits per heavy atom. The minimum Gasteiger partial charge on any atom is -0.351 e. The van der Waals surface area contributed by atoms with E-state index in [0.717, 1.165) is 24.3 Å². The molecule has 1 aromatic carbocycles. The smallest absolute Gasteiger partial charge is 0.351 e. The molecule has 0 radical (unpaired) electrons. The number of aryl methyl sites for hydroxylation is 2. The van der Waals surface area contributed by atoms with Gasteiger partial charge in [0.2, 0.25) is 10.0 Å². The summed E-state index contributed by atoms with van der Waals surface area (Å²) in [6, 6.07) is 3.73. The summed E-state index contributed by atoms with van der Waals surface area (Å²) in [6.45, 7) is 3.00. The van der Waals surface area contributed by atoms with Gasteiger partial charge in [-0.25, -0.2) is 13.1 Å². The van der Waals surface area contributed by atoms with Crippen molar-refractivity contribution in [3.8, 4) is 0 Å². The lowest BCUT2D eigenvalue weighted by Gasteiger charge is -2.09. The molecule has 0 spiro atoms. The Labute approximate surface area is 148 Å². The molecule has 0 unspecified atom stereocenters. The highest BCUT2D eigenvalue weighted by molar-refractivity contribution is 7.89. The fraction of sp³-hybridized carbons (Fsp3) is 0.333. The maximum absolute atomic E-state index is 12.5. The third kappa shape index (κ3) is 4.61. The summed E-state index contributed by atoms with van der Waals surface area (Å²) in [5.41, 5.74) is -0.0948. The number of halogens is 3. The van der Waals surface area contributed by atoms with Crippen LogP contribution < -0.4 is 10.0 Å². The number of aromatic nitrogens is 2. The molecule has 0 bridgehead atoms. The van der Waals surface area contributed by atoms with Gasteiger partial charge < -0.3 is 5.32 Å². The number of hydrogen-bond donors (Lipinski definition) is 3. The first-order chi connectivity index (χ1) is 12.0. The normalized spacial score (nSPS) is 12.2. The van der Waals surface area contributed by atoms with Crippen LogP contribution in [-0.2, 0) is 16.2 Å². The quantitative estimate of drug-likeness (QED) is 0.654. The molecule has 142 valence electrons. The number of hydrogen-bond acceptors (Lipinski definition) is 4. The molecule has 0 saturated heterocycles. The second kappa shape index (κ2) is 7.46. The van der Waals surface area contributed by atoms with E-state index in [1.54, 1.807) is 13.8 Å². The van der Waals surface area contributed by atoms with Gasteiger partial charge in [-0.05, 0) is 38.1 Å². The molecular formula is C15H17F3N4O3S. The van der Waals surface area contributed by atoms with Crippen LogP contribution in [0.25, 0.3) is 0 Å². The summed E-state index contributed by atoms with van der Waals surface area (Å²) in [5.74, 6) is -0.603. The number of aromatic amines is 1. The molecule has 0 fully saturated rings. The maximum atomic E-state index is 12.5. The Morgan fingerprint density at radius 2 is 1.77 bits per heavy atom. The number of sulfonamides is 1. The molecule has 1 amide bonds. The first kappa shape index (κ1) is 19.9. The summed E-state index contributed by atoms with van der Waals surface area (Å²) < 4.78 is 64.2. The molecule has 0 aliphatic heterocycles. The Kier molecular flexibility index (Phi) is 5.71. The highest BCUT2D eigenvalue weighted by Gasteiger charge is 2.30. The highest BCUT2D eigenvalue weighted by atomic mass is 32.2. The van der Waals surface area contributed by atoms with E-state index in [2.05, 4.69) is 20.2 Å². The van der Waals surface area contributed by atoms with Crippen molar-refractivity contribution in [1.29, 1.82) is 0 Å². The van der Waals surface area contributed by atoms with Gasteiger partial charge in [0.05, 0.1) is 17.0 Å². The third-order valence-electron chi connectivity index (χ3n) is 3.51. The predicted molar refractivity (Wildman–Crippen MR) is 87.0 cm³/mol. The van der Waals surface area contributed by atoms with Gasteiger partial charge in [-0.1, -0.05) is 0 Å². The molecule has 2 rings (SSSR count). The van der Waals surface area contributed by atoms with Crippen LogP contribution in [0.4, 0.5) is 13.2 Å². The van der Waals surface area contributed by atoms with E-state index in [9.17, 15) is 26.4 Å². The number of carbonyl (C=O) groups excluding carboxylic acids is 1. The molecule has 3 N–H and O–H groups in total. The van der Waals surface area contributed by atoms with Crippen LogP contribution in [0, 0.1) is 13.8 Å². The Balaban J connectivity index is 1.89. The molecule has 0 aliphatic carbocycles. The number of H-pyrrole nitrogens is 1. The first-order valence-corrected chi connectivity index (χ1v) is 8.97. The van der Waals surface area contributed by atoms with Crippen LogP contribution in [0.5, 0.6) is 0 Å². The summed E-state index contributed by atoms with van der Waals surface area (Å²) in [4.78, 5) is 11.9. The Bertz CT molecular complexity index is 870. The van der Waals surface area contributed by atoms with Gasteiger partial charge in [0.25, 0.3) is 5.91 Å². The van der Waals surface area contributed by atoms with Crippen LogP contribution in [0.3, 0.4) is 0 Å². The van der Waals surface area contributed by atoms with Crippen LogP contribution >= 0.6 is 0 Å². The highest BCUT2D eigenvalue weighted by Crippen LogP contribution is 2.29. The van der Waals surface area contributed by atoms with Gasteiger partial charge in [-0.15, -0.1) is 0 Å². The topological polar surface area (TPSA) is 104 Å². The van der Waals surface area contributed by atoms with Crippen molar-refractivity contribution in [1.82, 2.24) is 20.2 Å². The summed E-state index contributed by atoms with van der Waals surface area (Å²) in [6.07, 6.45) is -4.48. The standard InChI is InChI=1S/C15H17F3N4O3S/c1-9-13(10(2)22-21-9)26(24,25)20-8-7-19-14(23)11-3-5-12(6-4-11)15(16,17)18/h3-6,20H,7-8H2,1-2H3,(H,19,23)(H,21,22). The number of benzene rings is 1. The number of carbonyl (C=O) groups is 1. The van der Waals surface area contributed by atoms with Gasteiger partial charge in [0.15, 0.2) is 0 Å². The molecule has 0 atom stereocenters. The van der Waals surface area contributed by atoms with E-state index in [1.165, 1.54) is 0 Å². The van der Waals surface area contributed by atoms with Crippen molar-refractivity contribution in [2.24, 2.45) is 0 Å². The lowest BCUT2D eigenvalue weighted by molar-refractivity contribution is -0.137. The molecule has 2 aromatic rings. The molecule has 0 saturated carbocycles. The number of nitrogens with zero attached hydrogens (tertiary/aromatic N) is 1. The lowest BCUT2D eigenvalue weighted by atomic mass is 10.1. The first-order valence-electron chi connectivity index (χ1n) is 7.49. The van der Waals surface area contributed by atoms with Crippen LogP contribution in [0.2, 0.25) is 0 Å². The largest absolute Gasteiger partial charge is 0.416 e. The number of alkyl halides is 3. The monoisotopic (exact) mass is 390 g/mol. The predicted octanol–water partition coefficient (Wildman–Crippen LogP) is 1.75. The van der Waals surface area contributed by atoms with E-state index in [1.807, 2.05) is 0 Å². The Morgan fingerprint density at radius 3 is 2.27 bits per heavy atom. The number of rotatable bonds is 6. The van der Waals surface area contributed by atoms with Crippen LogP contribution in [-0.4, -0.2) is 37.6 Å². The molecule has 7 nitrogen and oxygen atoms in total. The van der Waals surface area contributed by atoms with E-state index in [4.69, 9.17) is 0 Å². The fourth-order valence-electron chi connectivity index (χ4n) is 2.28. The van der Waals surface area contributed by atoms with Crippen LogP contribution in [0.1, 0.15) is 27.3 Å². The van der Waals surface area contributed by atoms with Gasteiger partial charge >= 0.3 is 6.18 Å². The SMILES string of the molecule is Cc1n[nH]c(C)c1S(=O)(=O)NCCNC(=O)c1ccc(C(F)(F)F)cc1. The molecule has 1 heterocycles. The summed E-state index contributed by atoms with van der Waals surface area (Å²) in [5, 5.41) is 8.81. The summed E-state index contributed by atoms with van der Waals surface area (Å²) >= 11 is 0. The van der Waals surface area contributed by atoms with E-state index in [0.29, 0.717) is 11.4 Å². The molecule has 0 aliphatic rings. The van der Waals surface area contributed by atoms with Crippen molar-refractivity contribution in [2.75, 3.05) is 13.1 Å². The maximum Gasteiger partial charge on any atom is 0.416 e. The van der Waals surface area contributed by atoms with Gasteiger partial charge in [0.1, 0.15) is 4.90 Å². The molecular weight excluding hydrogens is 373 g/mol. The molecule has 1 aromatic heterocycles. The van der Waals surface area contributed by atoms with Crippen molar-refractivity contribution < 1.29 is 26.4 Å². The van der Waals surface area contributed by atoms with Crippen LogP contribution in [0.15, 0.2) is 29.2 Å². The zero-order chi connectivity index (χ0) is 19.5. The summed E-state index contributed by atoms with van der Waals surface area (Å²) in [7, 11) is -3.78. The average Bonchev–Trinajstić information content (AvgIpc) is 2.90. The zero-order valence-corrected chi connectivity index (χ0v) is 14.8. The third-order valence-corrected chi connectivity index (χ3v) is 5.23. The van der Waals surface area contributed by atoms with E-state index in [-0.39, 0.29) is 23.5 Å². The lowest BCUT2D eigenvalue weighted by Crippen LogP contribution is -2.35. The second-order valence-electron chi connectivity index (χ2n) is 5.49. The van der Waals surface area contributed by atoms with Crippen molar-refractivity contribution in [3.63, 3.8) is 0 Å². The van der Waals surface area contributed by atoms with Crippen molar-refractivity contribution >= 4 is 15.9 Å². The van der Waals surface area contributed by atoms with Gasteiger partial charge in [-0.2, -0.15) is 18.3 Å². The number of amides is 1. The zero-order valence-electron chi connectivity index (χ0n) is 13.9. The minimum absolute atomic E-state index is 0.0327. The Hall–Kier alpha value is -2.40. The van der Waals surface area contributed by atoms with Gasteiger partial charge in [0, 0.05) is 18.7 Å². The van der Waals surface area contributed by atoms with Crippen molar-refractivity contribution in [3.05, 3.63) is 46.8 Å². The average molecular weight is 390 g/mol. The number of nitrogens with one attached hydrogen (secondary N) is 3. The van der Waals surface area contributed by atoms with Crippen molar-refractivity contribution in [2.45, 2.75) is 24.9 Å². The van der Waals surface area contributed by atoms with Gasteiger partial charge in [-0.3, -0.25) is 9.89 Å².